The van der Waals surface area contributed by atoms with Gasteiger partial charge in [-0.15, -0.1) is 11.3 Å². The van der Waals surface area contributed by atoms with E-state index in [0.29, 0.717) is 17.7 Å². The quantitative estimate of drug-likeness (QED) is 0.934. The summed E-state index contributed by atoms with van der Waals surface area (Å²) in [7, 11) is 0. The topological polar surface area (TPSA) is 59.6 Å². The zero-order valence-corrected chi connectivity index (χ0v) is 11.7. The van der Waals surface area contributed by atoms with Crippen molar-refractivity contribution in [1.82, 2.24) is 0 Å². The van der Waals surface area contributed by atoms with Gasteiger partial charge in [-0.25, -0.2) is 0 Å². The van der Waals surface area contributed by atoms with Gasteiger partial charge in [0.05, 0.1) is 14.9 Å². The molecule has 0 aliphatic rings. The molecule has 5 heteroatoms. The van der Waals surface area contributed by atoms with Gasteiger partial charge < -0.3 is 5.32 Å². The molecule has 0 spiro atoms. The molecule has 0 saturated heterocycles. The first-order chi connectivity index (χ1) is 8.72. The lowest BCUT2D eigenvalue weighted by atomic mass is 10.1. The first-order valence-corrected chi connectivity index (χ1v) is 6.76. The van der Waals surface area contributed by atoms with Gasteiger partial charge in [-0.2, -0.15) is 10.5 Å². The Balaban J connectivity index is 2.11. The predicted octanol–water partition coefficient (Wildman–Crippen LogP) is 3.87. The lowest BCUT2D eigenvalue weighted by molar-refractivity contribution is 1.19. The maximum Gasteiger partial charge on any atom is 0.101 e. The second kappa shape index (κ2) is 5.68. The number of nitrogens with one attached hydrogen (secondary N) is 1. The van der Waals surface area contributed by atoms with E-state index in [9.17, 15) is 0 Å². The van der Waals surface area contributed by atoms with Crippen LogP contribution in [0.25, 0.3) is 0 Å². The standard InChI is InChI=1S/C13H8BrN3S/c14-13-4-3-12(18-13)8-17-11-2-1-9(6-15)10(5-11)7-16/h1-5,17H,8H2. The van der Waals surface area contributed by atoms with Crippen molar-refractivity contribution in [3.8, 4) is 12.1 Å². The maximum atomic E-state index is 8.93. The molecule has 0 bridgehead atoms. The molecule has 3 nitrogen and oxygen atoms in total. The minimum Gasteiger partial charge on any atom is -0.380 e. The average molecular weight is 318 g/mol. The van der Waals surface area contributed by atoms with Gasteiger partial charge >= 0.3 is 0 Å². The van der Waals surface area contributed by atoms with Gasteiger partial charge in [0.15, 0.2) is 0 Å². The Labute approximate surface area is 117 Å². The molecule has 1 aromatic carbocycles. The van der Waals surface area contributed by atoms with Gasteiger partial charge in [0, 0.05) is 17.1 Å². The van der Waals surface area contributed by atoms with Gasteiger partial charge in [-0.3, -0.25) is 0 Å². The molecule has 88 valence electrons. The van der Waals surface area contributed by atoms with Crippen molar-refractivity contribution in [2.75, 3.05) is 5.32 Å². The van der Waals surface area contributed by atoms with E-state index < -0.39 is 0 Å². The van der Waals surface area contributed by atoms with Crippen molar-refractivity contribution in [1.29, 1.82) is 10.5 Å². The third-order valence-electron chi connectivity index (χ3n) is 2.36. The first-order valence-electron chi connectivity index (χ1n) is 5.15. The van der Waals surface area contributed by atoms with Crippen LogP contribution < -0.4 is 5.32 Å². The van der Waals surface area contributed by atoms with Crippen molar-refractivity contribution < 1.29 is 0 Å². The summed E-state index contributed by atoms with van der Waals surface area (Å²) in [4.78, 5) is 1.20. The molecule has 0 saturated carbocycles. The summed E-state index contributed by atoms with van der Waals surface area (Å²) in [6.07, 6.45) is 0. The number of halogens is 1. The number of rotatable bonds is 3. The Morgan fingerprint density at radius 2 is 1.89 bits per heavy atom. The molecule has 0 aliphatic carbocycles. The van der Waals surface area contributed by atoms with E-state index in [4.69, 9.17) is 10.5 Å². The SMILES string of the molecule is N#Cc1ccc(NCc2ccc(Br)s2)cc1C#N. The predicted molar refractivity (Wildman–Crippen MR) is 75.2 cm³/mol. The van der Waals surface area contributed by atoms with E-state index in [-0.39, 0.29) is 0 Å². The summed E-state index contributed by atoms with van der Waals surface area (Å²) in [5.74, 6) is 0. The second-order valence-corrected chi connectivity index (χ2v) is 6.09. The minimum absolute atomic E-state index is 0.398. The molecule has 0 unspecified atom stereocenters. The Hall–Kier alpha value is -1.82. The summed E-state index contributed by atoms with van der Waals surface area (Å²) >= 11 is 5.07. The lowest BCUT2D eigenvalue weighted by Crippen LogP contribution is -1.98. The Morgan fingerprint density at radius 3 is 2.50 bits per heavy atom. The third-order valence-corrected chi connectivity index (χ3v) is 3.98. The van der Waals surface area contributed by atoms with Gasteiger partial charge in [-0.05, 0) is 46.3 Å². The number of hydrogen-bond donors (Lipinski definition) is 1. The third kappa shape index (κ3) is 2.89. The molecule has 0 atom stereocenters. The van der Waals surface area contributed by atoms with Crippen molar-refractivity contribution in [2.24, 2.45) is 0 Å². The zero-order valence-electron chi connectivity index (χ0n) is 9.27. The van der Waals surface area contributed by atoms with Gasteiger partial charge in [0.1, 0.15) is 12.1 Å². The highest BCUT2D eigenvalue weighted by molar-refractivity contribution is 9.11. The van der Waals surface area contributed by atoms with Crippen LogP contribution >= 0.6 is 27.3 Å². The molecule has 2 aromatic rings. The van der Waals surface area contributed by atoms with Gasteiger partial charge in [-0.1, -0.05) is 0 Å². The van der Waals surface area contributed by atoms with E-state index in [0.717, 1.165) is 9.47 Å². The van der Waals surface area contributed by atoms with E-state index in [2.05, 4.69) is 21.2 Å². The summed E-state index contributed by atoms with van der Waals surface area (Å²) < 4.78 is 1.09. The van der Waals surface area contributed by atoms with Crippen molar-refractivity contribution >= 4 is 33.0 Å². The molecule has 0 radical (unpaired) electrons. The zero-order chi connectivity index (χ0) is 13.0. The number of anilines is 1. The van der Waals surface area contributed by atoms with Crippen molar-refractivity contribution in [2.45, 2.75) is 6.54 Å². The van der Waals surface area contributed by atoms with Crippen LogP contribution in [-0.2, 0) is 6.54 Å². The Kier molecular flexibility index (Phi) is 3.99. The lowest BCUT2D eigenvalue weighted by Gasteiger charge is -2.05. The molecule has 2 rings (SSSR count). The number of hydrogen-bond acceptors (Lipinski definition) is 4. The molecule has 1 aromatic heterocycles. The maximum absolute atomic E-state index is 8.93. The van der Waals surface area contributed by atoms with Crippen LogP contribution in [0.4, 0.5) is 5.69 Å². The van der Waals surface area contributed by atoms with Crippen LogP contribution in [0.5, 0.6) is 0 Å². The average Bonchev–Trinajstić information content (AvgIpc) is 2.81. The molecule has 18 heavy (non-hydrogen) atoms. The van der Waals surface area contributed by atoms with Gasteiger partial charge in [0.25, 0.3) is 0 Å². The molecule has 0 fully saturated rings. The first kappa shape index (κ1) is 12.6. The van der Waals surface area contributed by atoms with E-state index in [1.165, 1.54) is 4.88 Å². The summed E-state index contributed by atoms with van der Waals surface area (Å²) in [5.41, 5.74) is 1.65. The smallest absolute Gasteiger partial charge is 0.101 e. The van der Waals surface area contributed by atoms with Crippen LogP contribution in [0.3, 0.4) is 0 Å². The molecule has 1 heterocycles. The van der Waals surface area contributed by atoms with E-state index in [1.54, 1.807) is 23.5 Å². The fourth-order valence-corrected chi connectivity index (χ4v) is 2.90. The van der Waals surface area contributed by atoms with Crippen molar-refractivity contribution in [3.05, 3.63) is 50.1 Å². The number of nitrogens with zero attached hydrogens (tertiary/aromatic N) is 2. The van der Waals surface area contributed by atoms with E-state index >= 15 is 0 Å². The molecular weight excluding hydrogens is 310 g/mol. The van der Waals surface area contributed by atoms with Crippen LogP contribution in [0.2, 0.25) is 0 Å². The van der Waals surface area contributed by atoms with Crippen LogP contribution in [-0.4, -0.2) is 0 Å². The Morgan fingerprint density at radius 1 is 1.11 bits per heavy atom. The van der Waals surface area contributed by atoms with Gasteiger partial charge in [0.2, 0.25) is 0 Å². The van der Waals surface area contributed by atoms with Crippen LogP contribution in [0.15, 0.2) is 34.1 Å². The van der Waals surface area contributed by atoms with Crippen LogP contribution in [0.1, 0.15) is 16.0 Å². The molecule has 1 N–H and O–H groups in total. The molecule has 0 amide bonds. The largest absolute Gasteiger partial charge is 0.380 e. The minimum atomic E-state index is 0.398. The summed E-state index contributed by atoms with van der Waals surface area (Å²) in [6, 6.07) is 13.2. The monoisotopic (exact) mass is 317 g/mol. The van der Waals surface area contributed by atoms with Crippen LogP contribution in [0, 0.1) is 22.7 Å². The highest BCUT2D eigenvalue weighted by Crippen LogP contribution is 2.23. The Bertz CT molecular complexity index is 649. The second-order valence-electron chi connectivity index (χ2n) is 3.54. The highest BCUT2D eigenvalue weighted by atomic mass is 79.9. The normalized spacial score (nSPS) is 9.50. The fourth-order valence-electron chi connectivity index (χ4n) is 1.48. The van der Waals surface area contributed by atoms with Crippen molar-refractivity contribution in [3.63, 3.8) is 0 Å². The number of nitriles is 2. The number of thiophene rings is 1. The molecule has 0 aliphatic heterocycles. The summed E-state index contributed by atoms with van der Waals surface area (Å²) in [5, 5.41) is 21.0. The fraction of sp³-hybridized carbons (Fsp3) is 0.0769. The highest BCUT2D eigenvalue weighted by Gasteiger charge is 2.03. The molecular formula is C13H8BrN3S. The summed E-state index contributed by atoms with van der Waals surface area (Å²) in [6.45, 7) is 0.701. The van der Waals surface area contributed by atoms with E-state index in [1.807, 2.05) is 30.3 Å². The number of benzene rings is 1.